The summed E-state index contributed by atoms with van der Waals surface area (Å²) in [6.07, 6.45) is 0. The summed E-state index contributed by atoms with van der Waals surface area (Å²) in [5.41, 5.74) is 1.27. The van der Waals surface area contributed by atoms with Crippen molar-refractivity contribution in [1.29, 1.82) is 5.26 Å². The van der Waals surface area contributed by atoms with Gasteiger partial charge in [0.05, 0.1) is 0 Å². The second-order valence-corrected chi connectivity index (χ2v) is 7.82. The first kappa shape index (κ1) is 9.81. The van der Waals surface area contributed by atoms with E-state index in [4.69, 9.17) is 16.9 Å². The van der Waals surface area contributed by atoms with Crippen molar-refractivity contribution in [1.82, 2.24) is 7.99 Å². The predicted octanol–water partition coefficient (Wildman–Crippen LogP) is 2.25. The van der Waals surface area contributed by atoms with Crippen LogP contribution in [0.5, 0.6) is 0 Å². The van der Waals surface area contributed by atoms with E-state index in [0.717, 1.165) is 5.69 Å². The Labute approximate surface area is 84.1 Å². The van der Waals surface area contributed by atoms with Crippen molar-refractivity contribution < 1.29 is 0 Å². The average Bonchev–Trinajstić information content (AvgIpc) is 2.30. The first-order valence-corrected chi connectivity index (χ1v) is 8.89. The number of halogens is 2. The standard InChI is InChI=1S/C7H9ClIN3/c1-5-7(8)6(4-10)11-12(5)9(2)3/h1-3H3. The van der Waals surface area contributed by atoms with Crippen molar-refractivity contribution in [3.8, 4) is 6.07 Å². The molecule has 0 aliphatic carbocycles. The summed E-state index contributed by atoms with van der Waals surface area (Å²) >= 11 is 4.70. The Balaban J connectivity index is 3.27. The summed E-state index contributed by atoms with van der Waals surface area (Å²) in [6.45, 7) is 1.90. The molecule has 0 aromatic carbocycles. The number of aromatic nitrogens is 2. The molecule has 0 bridgehead atoms. The van der Waals surface area contributed by atoms with E-state index in [9.17, 15) is 0 Å². The summed E-state index contributed by atoms with van der Waals surface area (Å²) in [5, 5.41) is 13.3. The van der Waals surface area contributed by atoms with E-state index in [0.29, 0.717) is 10.7 Å². The molecule has 1 aromatic rings. The Morgan fingerprint density at radius 1 is 1.58 bits per heavy atom. The fraction of sp³-hybridized carbons (Fsp3) is 0.429. The molecule has 12 heavy (non-hydrogen) atoms. The van der Waals surface area contributed by atoms with Crippen LogP contribution >= 0.6 is 31.7 Å². The molecule has 1 rings (SSSR count). The minimum atomic E-state index is -1.18. The van der Waals surface area contributed by atoms with E-state index in [1.807, 2.05) is 15.9 Å². The molecule has 0 radical (unpaired) electrons. The third-order valence-electron chi connectivity index (χ3n) is 1.42. The van der Waals surface area contributed by atoms with E-state index < -0.39 is 20.1 Å². The molecular formula is C7H9ClIN3. The molecular weight excluding hydrogens is 288 g/mol. The molecule has 0 amide bonds. The van der Waals surface area contributed by atoms with Gasteiger partial charge >= 0.3 is 84.2 Å². The Bertz CT molecular complexity index is 337. The molecule has 1 heterocycles. The number of hydrogen-bond donors (Lipinski definition) is 0. The van der Waals surface area contributed by atoms with Crippen molar-refractivity contribution in [3.05, 3.63) is 16.4 Å². The summed E-state index contributed by atoms with van der Waals surface area (Å²) < 4.78 is 1.91. The van der Waals surface area contributed by atoms with Crippen molar-refractivity contribution in [2.75, 3.05) is 9.86 Å². The van der Waals surface area contributed by atoms with Crippen LogP contribution in [0.1, 0.15) is 11.4 Å². The Hall–Kier alpha value is -0.280. The first-order chi connectivity index (χ1) is 5.57. The topological polar surface area (TPSA) is 41.6 Å². The molecule has 0 aliphatic heterocycles. The van der Waals surface area contributed by atoms with E-state index in [1.54, 1.807) is 0 Å². The molecule has 1 aromatic heterocycles. The molecule has 0 fully saturated rings. The molecule has 0 atom stereocenters. The van der Waals surface area contributed by atoms with Crippen LogP contribution in [0.25, 0.3) is 0 Å². The fourth-order valence-electron chi connectivity index (χ4n) is 0.860. The Morgan fingerprint density at radius 3 is 2.42 bits per heavy atom. The first-order valence-electron chi connectivity index (χ1n) is 3.23. The van der Waals surface area contributed by atoms with E-state index in [2.05, 4.69) is 15.0 Å². The van der Waals surface area contributed by atoms with Gasteiger partial charge < -0.3 is 0 Å². The predicted molar refractivity (Wildman–Crippen MR) is 58.0 cm³/mol. The number of hydrogen-bond acceptors (Lipinski definition) is 2. The second-order valence-electron chi connectivity index (χ2n) is 2.44. The molecule has 0 unspecified atom stereocenters. The Kier molecular flexibility index (Phi) is 2.96. The molecule has 5 heteroatoms. The van der Waals surface area contributed by atoms with Gasteiger partial charge in [-0.05, 0) is 0 Å². The van der Waals surface area contributed by atoms with Crippen molar-refractivity contribution in [3.63, 3.8) is 0 Å². The van der Waals surface area contributed by atoms with Gasteiger partial charge in [-0.25, -0.2) is 0 Å². The molecule has 0 spiro atoms. The van der Waals surface area contributed by atoms with Crippen LogP contribution in [0.15, 0.2) is 0 Å². The van der Waals surface area contributed by atoms with E-state index >= 15 is 0 Å². The number of rotatable bonds is 1. The van der Waals surface area contributed by atoms with Gasteiger partial charge in [-0.2, -0.15) is 0 Å². The maximum atomic E-state index is 8.65. The van der Waals surface area contributed by atoms with Gasteiger partial charge in [-0.3, -0.25) is 0 Å². The number of alkyl halides is 2. The van der Waals surface area contributed by atoms with Gasteiger partial charge in [-0.15, -0.1) is 0 Å². The zero-order valence-electron chi connectivity index (χ0n) is 7.10. The van der Waals surface area contributed by atoms with Gasteiger partial charge in [0.25, 0.3) is 0 Å². The third-order valence-corrected chi connectivity index (χ3v) is 4.64. The molecule has 0 N–H and O–H groups in total. The van der Waals surface area contributed by atoms with Crippen LogP contribution < -0.4 is 0 Å². The zero-order valence-corrected chi connectivity index (χ0v) is 10.0. The summed E-state index contributed by atoms with van der Waals surface area (Å²) in [4.78, 5) is 4.31. The van der Waals surface area contributed by atoms with E-state index in [-0.39, 0.29) is 0 Å². The molecule has 66 valence electrons. The second kappa shape index (κ2) is 3.62. The van der Waals surface area contributed by atoms with Crippen molar-refractivity contribution >= 4 is 31.7 Å². The average molecular weight is 298 g/mol. The molecule has 0 aliphatic rings. The van der Waals surface area contributed by atoms with Crippen molar-refractivity contribution in [2.24, 2.45) is 0 Å². The van der Waals surface area contributed by atoms with Crippen LogP contribution in [-0.4, -0.2) is 17.9 Å². The van der Waals surface area contributed by atoms with Crippen LogP contribution in [0.2, 0.25) is 5.02 Å². The summed E-state index contributed by atoms with van der Waals surface area (Å²) in [5.74, 6) is 0. The SMILES string of the molecule is Cc1c(Cl)c(C#N)nn1I(C)C. The molecule has 0 saturated heterocycles. The monoisotopic (exact) mass is 297 g/mol. The number of nitrogens with zero attached hydrogens (tertiary/aromatic N) is 3. The van der Waals surface area contributed by atoms with Crippen LogP contribution in [0, 0.1) is 18.3 Å². The molecule has 3 nitrogen and oxygen atoms in total. The zero-order chi connectivity index (χ0) is 9.30. The summed E-state index contributed by atoms with van der Waals surface area (Å²) in [7, 11) is 0. The van der Waals surface area contributed by atoms with Gasteiger partial charge in [0.2, 0.25) is 0 Å². The summed E-state index contributed by atoms with van der Waals surface area (Å²) in [6, 6.07) is 1.97. The maximum absolute atomic E-state index is 8.65. The van der Waals surface area contributed by atoms with E-state index in [1.165, 1.54) is 0 Å². The fourth-order valence-corrected chi connectivity index (χ4v) is 3.50. The number of nitriles is 1. The third kappa shape index (κ3) is 1.57. The van der Waals surface area contributed by atoms with Gasteiger partial charge in [0.1, 0.15) is 0 Å². The van der Waals surface area contributed by atoms with Crippen LogP contribution in [-0.2, 0) is 0 Å². The normalized spacial score (nSPS) is 11.1. The van der Waals surface area contributed by atoms with Gasteiger partial charge in [-0.1, -0.05) is 0 Å². The van der Waals surface area contributed by atoms with Crippen LogP contribution in [0.3, 0.4) is 0 Å². The minimum absolute atomic E-state index is 0.347. The van der Waals surface area contributed by atoms with Gasteiger partial charge in [0.15, 0.2) is 0 Å². The quantitative estimate of drug-likeness (QED) is 0.589. The van der Waals surface area contributed by atoms with Gasteiger partial charge in [0, 0.05) is 0 Å². The molecule has 0 saturated carbocycles. The van der Waals surface area contributed by atoms with Crippen molar-refractivity contribution in [2.45, 2.75) is 6.92 Å². The Morgan fingerprint density at radius 2 is 2.17 bits per heavy atom. The van der Waals surface area contributed by atoms with Crippen LogP contribution in [0.4, 0.5) is 0 Å².